The maximum atomic E-state index is 13.2. The summed E-state index contributed by atoms with van der Waals surface area (Å²) in [6.45, 7) is 7.31. The van der Waals surface area contributed by atoms with Crippen LogP contribution >= 0.6 is 0 Å². The van der Waals surface area contributed by atoms with E-state index in [1.54, 1.807) is 6.92 Å². The van der Waals surface area contributed by atoms with Gasteiger partial charge < -0.3 is 14.9 Å². The van der Waals surface area contributed by atoms with E-state index in [1.165, 1.54) is 12.1 Å². The number of nitrogens with one attached hydrogen (secondary N) is 1. The number of aromatic nitrogens is 1. The molecule has 1 heterocycles. The Morgan fingerprint density at radius 3 is 2.46 bits per heavy atom. The van der Waals surface area contributed by atoms with Crippen molar-refractivity contribution in [2.45, 2.75) is 45.3 Å². The summed E-state index contributed by atoms with van der Waals surface area (Å²) < 4.78 is 31.3. The summed E-state index contributed by atoms with van der Waals surface area (Å²) in [5, 5.41) is 16.5. The van der Waals surface area contributed by atoms with Crippen molar-refractivity contribution in [2.75, 3.05) is 0 Å². The zero-order chi connectivity index (χ0) is 18.1. The van der Waals surface area contributed by atoms with Gasteiger partial charge in [-0.3, -0.25) is 4.79 Å². The first-order chi connectivity index (χ1) is 11.1. The highest BCUT2D eigenvalue weighted by molar-refractivity contribution is 5.92. The van der Waals surface area contributed by atoms with Gasteiger partial charge in [-0.15, -0.1) is 0 Å². The fourth-order valence-corrected chi connectivity index (χ4v) is 2.08. The monoisotopic (exact) mass is 338 g/mol. The summed E-state index contributed by atoms with van der Waals surface area (Å²) in [5.41, 5.74) is -0.0380. The molecule has 2 rings (SSSR count). The van der Waals surface area contributed by atoms with Crippen LogP contribution in [0.1, 0.15) is 55.6 Å². The predicted octanol–water partition coefficient (Wildman–Crippen LogP) is 3.10. The van der Waals surface area contributed by atoms with Crippen molar-refractivity contribution in [3.8, 4) is 0 Å². The third kappa shape index (κ3) is 3.97. The molecule has 1 aromatic carbocycles. The molecule has 2 N–H and O–H groups in total. The molecule has 0 radical (unpaired) electrons. The van der Waals surface area contributed by atoms with Gasteiger partial charge in [-0.1, -0.05) is 32.0 Å². The molecule has 130 valence electrons. The Morgan fingerprint density at radius 2 is 1.92 bits per heavy atom. The van der Waals surface area contributed by atoms with Gasteiger partial charge in [0.25, 0.3) is 5.91 Å². The topological polar surface area (TPSA) is 75.4 Å². The van der Waals surface area contributed by atoms with Crippen molar-refractivity contribution >= 4 is 5.91 Å². The molecule has 2 aromatic rings. The number of rotatable bonds is 4. The number of hydrogen-bond donors (Lipinski definition) is 2. The summed E-state index contributed by atoms with van der Waals surface area (Å²) in [7, 11) is 0. The minimum absolute atomic E-state index is 0.0873. The van der Waals surface area contributed by atoms with Crippen LogP contribution in [0.3, 0.4) is 0 Å². The minimum atomic E-state index is -1.20. The van der Waals surface area contributed by atoms with E-state index in [9.17, 15) is 18.7 Å². The van der Waals surface area contributed by atoms with Crippen LogP contribution in [0, 0.1) is 11.6 Å². The molecule has 0 saturated carbocycles. The van der Waals surface area contributed by atoms with Gasteiger partial charge in [-0.25, -0.2) is 8.78 Å². The van der Waals surface area contributed by atoms with Crippen LogP contribution in [0.25, 0.3) is 0 Å². The Bertz CT molecular complexity index is 738. The molecule has 1 amide bonds. The van der Waals surface area contributed by atoms with E-state index in [0.29, 0.717) is 5.76 Å². The lowest BCUT2D eigenvalue weighted by Crippen LogP contribution is -2.37. The molecule has 0 aliphatic carbocycles. The Morgan fingerprint density at radius 1 is 1.25 bits per heavy atom. The third-order valence-corrected chi connectivity index (χ3v) is 3.60. The Hall–Kier alpha value is -2.28. The van der Waals surface area contributed by atoms with Crippen molar-refractivity contribution in [2.24, 2.45) is 0 Å². The molecule has 0 saturated heterocycles. The highest BCUT2D eigenvalue weighted by atomic mass is 19.2. The lowest BCUT2D eigenvalue weighted by atomic mass is 9.93. The average molecular weight is 338 g/mol. The first-order valence-corrected chi connectivity index (χ1v) is 7.50. The predicted molar refractivity (Wildman–Crippen MR) is 83.4 cm³/mol. The van der Waals surface area contributed by atoms with Crippen LogP contribution in [0.5, 0.6) is 0 Å². The highest BCUT2D eigenvalue weighted by Crippen LogP contribution is 2.23. The van der Waals surface area contributed by atoms with Crippen LogP contribution in [0.15, 0.2) is 28.8 Å². The van der Waals surface area contributed by atoms with E-state index in [2.05, 4.69) is 10.5 Å². The number of halogens is 2. The quantitative estimate of drug-likeness (QED) is 0.898. The number of carbonyl (C=O) groups excluding carboxylic acids is 1. The number of aliphatic hydroxyl groups is 1. The van der Waals surface area contributed by atoms with E-state index in [1.807, 2.05) is 20.8 Å². The van der Waals surface area contributed by atoms with Crippen molar-refractivity contribution in [1.82, 2.24) is 10.5 Å². The number of aliphatic hydroxyl groups excluding tert-OH is 1. The Kier molecular flexibility index (Phi) is 5.03. The smallest absolute Gasteiger partial charge is 0.273 e. The molecule has 24 heavy (non-hydrogen) atoms. The molecule has 0 bridgehead atoms. The second-order valence-corrected chi connectivity index (χ2v) is 6.71. The van der Waals surface area contributed by atoms with Crippen molar-refractivity contribution < 1.29 is 23.2 Å². The Labute approximate surface area is 138 Å². The van der Waals surface area contributed by atoms with Crippen molar-refractivity contribution in [1.29, 1.82) is 0 Å². The SMILES string of the molecule is CC(NC(=O)c1cc(C(C)(C)C)on1)C(O)c1ccc(F)c(F)c1. The van der Waals surface area contributed by atoms with Crippen LogP contribution in [0.4, 0.5) is 8.78 Å². The number of hydrogen-bond acceptors (Lipinski definition) is 4. The molecule has 5 nitrogen and oxygen atoms in total. The lowest BCUT2D eigenvalue weighted by molar-refractivity contribution is 0.0842. The molecule has 2 atom stereocenters. The van der Waals surface area contributed by atoms with Gasteiger partial charge in [0, 0.05) is 11.5 Å². The number of amides is 1. The molecule has 0 aliphatic heterocycles. The molecule has 0 fully saturated rings. The third-order valence-electron chi connectivity index (χ3n) is 3.60. The van der Waals surface area contributed by atoms with Crippen molar-refractivity contribution in [3.05, 3.63) is 52.9 Å². The van der Waals surface area contributed by atoms with E-state index in [-0.39, 0.29) is 16.7 Å². The van der Waals surface area contributed by atoms with Gasteiger partial charge in [0.1, 0.15) is 5.76 Å². The standard InChI is InChI=1S/C17H20F2N2O3/c1-9(15(22)10-5-6-11(18)12(19)7-10)20-16(23)13-8-14(24-21-13)17(2,3)4/h5-9,15,22H,1-4H3,(H,20,23). The molecule has 0 aliphatic rings. The second kappa shape index (κ2) is 6.68. The van der Waals surface area contributed by atoms with Gasteiger partial charge >= 0.3 is 0 Å². The summed E-state index contributed by atoms with van der Waals surface area (Å²) in [6, 6.07) is 3.88. The molecular formula is C17H20F2N2O3. The summed E-state index contributed by atoms with van der Waals surface area (Å²) in [4.78, 5) is 12.2. The zero-order valence-electron chi connectivity index (χ0n) is 13.9. The normalized spacial score (nSPS) is 14.3. The van der Waals surface area contributed by atoms with Gasteiger partial charge in [-0.2, -0.15) is 0 Å². The van der Waals surface area contributed by atoms with Crippen LogP contribution in [0.2, 0.25) is 0 Å². The second-order valence-electron chi connectivity index (χ2n) is 6.71. The first-order valence-electron chi connectivity index (χ1n) is 7.50. The summed E-state index contributed by atoms with van der Waals surface area (Å²) >= 11 is 0. The average Bonchev–Trinajstić information content (AvgIpc) is 2.99. The minimum Gasteiger partial charge on any atom is -0.386 e. The van der Waals surface area contributed by atoms with Gasteiger partial charge in [-0.05, 0) is 24.6 Å². The summed E-state index contributed by atoms with van der Waals surface area (Å²) in [6.07, 6.45) is -1.20. The van der Waals surface area contributed by atoms with Gasteiger partial charge in [0.2, 0.25) is 0 Å². The number of nitrogens with zero attached hydrogens (tertiary/aromatic N) is 1. The van der Waals surface area contributed by atoms with Crippen LogP contribution in [-0.4, -0.2) is 22.2 Å². The van der Waals surface area contributed by atoms with E-state index in [0.717, 1.165) is 12.1 Å². The van der Waals surface area contributed by atoms with Crippen LogP contribution < -0.4 is 5.32 Å². The molecular weight excluding hydrogens is 318 g/mol. The fraction of sp³-hybridized carbons (Fsp3) is 0.412. The van der Waals surface area contributed by atoms with E-state index < -0.39 is 29.7 Å². The maximum absolute atomic E-state index is 13.2. The lowest BCUT2D eigenvalue weighted by Gasteiger charge is -2.20. The van der Waals surface area contributed by atoms with Crippen LogP contribution in [-0.2, 0) is 5.41 Å². The largest absolute Gasteiger partial charge is 0.386 e. The molecule has 2 unspecified atom stereocenters. The zero-order valence-corrected chi connectivity index (χ0v) is 13.9. The summed E-state index contributed by atoms with van der Waals surface area (Å²) in [5.74, 6) is -2.03. The van der Waals surface area contributed by atoms with Gasteiger partial charge in [0.15, 0.2) is 17.3 Å². The van der Waals surface area contributed by atoms with E-state index >= 15 is 0 Å². The Balaban J connectivity index is 2.07. The van der Waals surface area contributed by atoms with Crippen molar-refractivity contribution in [3.63, 3.8) is 0 Å². The highest BCUT2D eigenvalue weighted by Gasteiger charge is 2.25. The van der Waals surface area contributed by atoms with E-state index in [4.69, 9.17) is 4.52 Å². The fourth-order valence-electron chi connectivity index (χ4n) is 2.08. The molecule has 0 spiro atoms. The maximum Gasteiger partial charge on any atom is 0.273 e. The number of carbonyl (C=O) groups is 1. The molecule has 1 aromatic heterocycles. The number of benzene rings is 1. The molecule has 7 heteroatoms. The first kappa shape index (κ1) is 18.1. The van der Waals surface area contributed by atoms with Gasteiger partial charge in [0.05, 0.1) is 12.1 Å².